The van der Waals surface area contributed by atoms with Crippen molar-refractivity contribution in [2.75, 3.05) is 19.8 Å². The lowest BCUT2D eigenvalue weighted by atomic mass is 9.69. The number of carbonyl (C=O) groups excluding carboxylic acids is 1. The molecule has 5 atom stereocenters. The Bertz CT molecular complexity index is 670. The fourth-order valence-corrected chi connectivity index (χ4v) is 8.31. The average molecular weight is 355 g/mol. The van der Waals surface area contributed by atoms with Gasteiger partial charge in [-0.25, -0.2) is 12.7 Å². The number of fused-ring (bicyclic) bond motifs is 1. The molecule has 0 N–H and O–H groups in total. The maximum absolute atomic E-state index is 13.3. The Morgan fingerprint density at radius 1 is 1.38 bits per heavy atom. The first-order valence-corrected chi connectivity index (χ1v) is 10.5. The first-order chi connectivity index (χ1) is 11.0. The Balaban J connectivity index is 2.03. The summed E-state index contributed by atoms with van der Waals surface area (Å²) in [6.45, 7) is 10.1. The minimum atomic E-state index is -3.56. The minimum absolute atomic E-state index is 0.0164. The SMILES string of the molecule is C=CC(C)[C@H](C(=O)N1[C@H]2C[C@@H]3CC[C@@]2(CS1(=O)=O)C3(C)C)N(C)C. The van der Waals surface area contributed by atoms with E-state index < -0.39 is 16.1 Å². The van der Waals surface area contributed by atoms with Crippen molar-refractivity contribution in [2.24, 2.45) is 22.7 Å². The van der Waals surface area contributed by atoms with Crippen LogP contribution in [-0.2, 0) is 14.8 Å². The molecule has 3 fully saturated rings. The first-order valence-electron chi connectivity index (χ1n) is 8.84. The van der Waals surface area contributed by atoms with E-state index in [1.54, 1.807) is 6.08 Å². The lowest BCUT2D eigenvalue weighted by Gasteiger charge is -2.38. The molecular weight excluding hydrogens is 324 g/mol. The van der Waals surface area contributed by atoms with Gasteiger partial charge in [0, 0.05) is 5.41 Å². The van der Waals surface area contributed by atoms with Crippen LogP contribution in [0.4, 0.5) is 0 Å². The number of rotatable bonds is 4. The fraction of sp³-hybridized carbons (Fsp3) is 0.833. The van der Waals surface area contributed by atoms with Gasteiger partial charge in [-0.1, -0.05) is 26.8 Å². The van der Waals surface area contributed by atoms with Crippen molar-refractivity contribution in [2.45, 2.75) is 52.1 Å². The Hall–Kier alpha value is -0.880. The van der Waals surface area contributed by atoms with Crippen molar-refractivity contribution in [1.82, 2.24) is 9.21 Å². The highest BCUT2D eigenvalue weighted by molar-refractivity contribution is 7.90. The lowest BCUT2D eigenvalue weighted by molar-refractivity contribution is -0.134. The van der Waals surface area contributed by atoms with E-state index in [9.17, 15) is 13.2 Å². The van der Waals surface area contributed by atoms with Crippen molar-refractivity contribution in [1.29, 1.82) is 0 Å². The van der Waals surface area contributed by atoms with E-state index in [1.165, 1.54) is 4.31 Å². The van der Waals surface area contributed by atoms with E-state index in [1.807, 2.05) is 25.9 Å². The van der Waals surface area contributed by atoms with E-state index in [-0.39, 0.29) is 34.4 Å². The van der Waals surface area contributed by atoms with Crippen molar-refractivity contribution >= 4 is 15.9 Å². The van der Waals surface area contributed by atoms with Crippen molar-refractivity contribution in [3.63, 3.8) is 0 Å². The maximum Gasteiger partial charge on any atom is 0.254 e. The number of hydrogen-bond acceptors (Lipinski definition) is 4. The highest BCUT2D eigenvalue weighted by Crippen LogP contribution is 2.70. The molecule has 1 heterocycles. The predicted octanol–water partition coefficient (Wildman–Crippen LogP) is 2.11. The molecule has 2 saturated carbocycles. The van der Waals surface area contributed by atoms with Crippen LogP contribution in [0.15, 0.2) is 12.7 Å². The highest BCUT2D eigenvalue weighted by Gasteiger charge is 2.72. The Morgan fingerprint density at radius 3 is 2.50 bits per heavy atom. The van der Waals surface area contributed by atoms with Gasteiger partial charge in [-0.2, -0.15) is 0 Å². The third-order valence-corrected chi connectivity index (χ3v) is 9.22. The summed E-state index contributed by atoms with van der Waals surface area (Å²) in [5.74, 6) is 0.258. The summed E-state index contributed by atoms with van der Waals surface area (Å²) < 4.78 is 27.2. The summed E-state index contributed by atoms with van der Waals surface area (Å²) in [5, 5.41) is 0. The standard InChI is InChI=1S/C18H30N2O3S/c1-7-12(2)15(19(5)6)16(21)20-14-10-13-8-9-18(14,17(13,3)4)11-24(20,22)23/h7,12-15H,1,8-11H2,2-6H3/t12?,13-,14-,15+,18-/m0/s1. The molecule has 1 unspecified atom stereocenters. The van der Waals surface area contributed by atoms with Crippen LogP contribution in [0.5, 0.6) is 0 Å². The van der Waals surface area contributed by atoms with E-state index in [2.05, 4.69) is 20.4 Å². The topological polar surface area (TPSA) is 57.7 Å². The summed E-state index contributed by atoms with van der Waals surface area (Å²) in [6, 6.07) is -0.655. The van der Waals surface area contributed by atoms with Gasteiger partial charge in [0.1, 0.15) is 0 Å². The zero-order chi connectivity index (χ0) is 18.1. The van der Waals surface area contributed by atoms with E-state index in [0.717, 1.165) is 19.3 Å². The molecule has 0 aromatic carbocycles. The number of sulfonamides is 1. The molecule has 0 aromatic rings. The summed E-state index contributed by atoms with van der Waals surface area (Å²) >= 11 is 0. The van der Waals surface area contributed by atoms with Gasteiger partial charge < -0.3 is 0 Å². The van der Waals surface area contributed by atoms with Crippen LogP contribution >= 0.6 is 0 Å². The molecule has 1 aliphatic heterocycles. The largest absolute Gasteiger partial charge is 0.298 e. The van der Waals surface area contributed by atoms with E-state index in [0.29, 0.717) is 5.92 Å². The molecule has 1 saturated heterocycles. The van der Waals surface area contributed by atoms with Crippen LogP contribution in [0.3, 0.4) is 0 Å². The molecule has 24 heavy (non-hydrogen) atoms. The molecule has 3 aliphatic rings. The maximum atomic E-state index is 13.3. The smallest absolute Gasteiger partial charge is 0.254 e. The zero-order valence-electron chi connectivity index (χ0n) is 15.4. The molecule has 0 aromatic heterocycles. The molecular formula is C18H30N2O3S. The number of likely N-dealkylation sites (N-methyl/N-ethyl adjacent to an activating group) is 1. The van der Waals surface area contributed by atoms with Crippen LogP contribution in [0, 0.1) is 22.7 Å². The van der Waals surface area contributed by atoms with Gasteiger partial charge >= 0.3 is 0 Å². The minimum Gasteiger partial charge on any atom is -0.298 e. The normalized spacial score (nSPS) is 38.2. The summed E-state index contributed by atoms with van der Waals surface area (Å²) in [4.78, 5) is 15.1. The van der Waals surface area contributed by atoms with Gasteiger partial charge in [0.2, 0.25) is 10.0 Å². The molecule has 5 nitrogen and oxygen atoms in total. The molecule has 1 amide bonds. The fourth-order valence-electron chi connectivity index (χ4n) is 5.75. The second kappa shape index (κ2) is 5.31. The van der Waals surface area contributed by atoms with Crippen LogP contribution in [0.1, 0.15) is 40.0 Å². The third kappa shape index (κ3) is 2.08. The van der Waals surface area contributed by atoms with Crippen molar-refractivity contribution in [3.05, 3.63) is 12.7 Å². The Morgan fingerprint density at radius 2 is 2.00 bits per heavy atom. The van der Waals surface area contributed by atoms with Crippen molar-refractivity contribution in [3.8, 4) is 0 Å². The molecule has 1 spiro atoms. The quantitative estimate of drug-likeness (QED) is 0.726. The van der Waals surface area contributed by atoms with Crippen LogP contribution in [0.2, 0.25) is 0 Å². The number of carbonyl (C=O) groups is 1. The average Bonchev–Trinajstić information content (AvgIpc) is 2.93. The monoisotopic (exact) mass is 354 g/mol. The van der Waals surface area contributed by atoms with Gasteiger partial charge in [0.25, 0.3) is 5.91 Å². The molecule has 2 aliphatic carbocycles. The zero-order valence-corrected chi connectivity index (χ0v) is 16.3. The number of amides is 1. The molecule has 2 bridgehead atoms. The van der Waals surface area contributed by atoms with Gasteiger partial charge in [-0.15, -0.1) is 6.58 Å². The molecule has 0 radical (unpaired) electrons. The summed E-state index contributed by atoms with van der Waals surface area (Å²) in [5.41, 5.74) is -0.280. The first kappa shape index (κ1) is 17.9. The van der Waals surface area contributed by atoms with Crippen LogP contribution < -0.4 is 0 Å². The molecule has 6 heteroatoms. The highest BCUT2D eigenvalue weighted by atomic mass is 32.2. The van der Waals surface area contributed by atoms with Gasteiger partial charge in [-0.3, -0.25) is 9.69 Å². The third-order valence-electron chi connectivity index (χ3n) is 7.31. The Kier molecular flexibility index (Phi) is 3.96. The lowest BCUT2D eigenvalue weighted by Crippen LogP contribution is -2.53. The Labute approximate surface area is 146 Å². The van der Waals surface area contributed by atoms with Crippen LogP contribution in [0.25, 0.3) is 0 Å². The van der Waals surface area contributed by atoms with E-state index in [4.69, 9.17) is 0 Å². The summed E-state index contributed by atoms with van der Waals surface area (Å²) in [6.07, 6.45) is 4.55. The predicted molar refractivity (Wildman–Crippen MR) is 94.8 cm³/mol. The molecule has 136 valence electrons. The van der Waals surface area contributed by atoms with E-state index >= 15 is 0 Å². The van der Waals surface area contributed by atoms with Crippen molar-refractivity contribution < 1.29 is 13.2 Å². The van der Waals surface area contributed by atoms with Gasteiger partial charge in [-0.05, 0) is 50.6 Å². The number of nitrogens with zero attached hydrogens (tertiary/aromatic N) is 2. The molecule has 3 rings (SSSR count). The number of hydrogen-bond donors (Lipinski definition) is 0. The second-order valence-corrected chi connectivity index (χ2v) is 10.6. The second-order valence-electron chi connectivity index (χ2n) is 8.76. The van der Waals surface area contributed by atoms with Gasteiger partial charge in [0.05, 0.1) is 17.8 Å². The van der Waals surface area contributed by atoms with Crippen LogP contribution in [-0.4, -0.2) is 55.5 Å². The summed E-state index contributed by atoms with van der Waals surface area (Å²) in [7, 11) is 0.0924. The van der Waals surface area contributed by atoms with Gasteiger partial charge in [0.15, 0.2) is 0 Å².